The maximum Gasteiger partial charge on any atom is 1.00 e. The van der Waals surface area contributed by atoms with Crippen molar-refractivity contribution in [1.82, 2.24) is 0 Å². The van der Waals surface area contributed by atoms with Gasteiger partial charge in [0, 0.05) is 27.7 Å². The van der Waals surface area contributed by atoms with Crippen LogP contribution in [0.25, 0.3) is 0 Å². The molecule has 0 aliphatic rings. The van der Waals surface area contributed by atoms with E-state index in [-0.39, 0.29) is 17.1 Å². The molecule has 0 unspecified atom stereocenters. The van der Waals surface area contributed by atoms with Crippen molar-refractivity contribution in [2.75, 3.05) is 0 Å². The molecule has 0 saturated heterocycles. The van der Waals surface area contributed by atoms with Gasteiger partial charge in [-0.2, -0.15) is 42.9 Å². The van der Waals surface area contributed by atoms with Crippen LogP contribution in [-0.4, -0.2) is 6.15 Å². The van der Waals surface area contributed by atoms with Crippen molar-refractivity contribution < 1.29 is 17.1 Å². The fourth-order valence-electron chi connectivity index (χ4n) is 4.12. The summed E-state index contributed by atoms with van der Waals surface area (Å²) in [5.41, 5.74) is 5.36. The molecule has 4 aromatic rings. The SMILES string of the molecule is CC#N.CC#N.CC#N.CC#N.[Cu+].c1ccc([B-](c2ccccc2)(c2ccccc2)c2ccccc2)cc1. The van der Waals surface area contributed by atoms with Gasteiger partial charge in [0.15, 0.2) is 0 Å². The monoisotopic (exact) mass is 546 g/mol. The van der Waals surface area contributed by atoms with E-state index in [0.29, 0.717) is 0 Å². The third-order valence-corrected chi connectivity index (χ3v) is 5.20. The Kier molecular flexibility index (Phi) is 21.4. The van der Waals surface area contributed by atoms with Crippen LogP contribution < -0.4 is 21.9 Å². The number of hydrogen-bond donors (Lipinski definition) is 0. The van der Waals surface area contributed by atoms with Crippen LogP contribution in [0.2, 0.25) is 0 Å². The van der Waals surface area contributed by atoms with Crippen molar-refractivity contribution in [3.8, 4) is 24.3 Å². The summed E-state index contributed by atoms with van der Waals surface area (Å²) in [5, 5.41) is 29.3. The summed E-state index contributed by atoms with van der Waals surface area (Å²) in [6, 6.07) is 50.5. The average Bonchev–Trinajstić information content (AvgIpc) is 2.94. The molecule has 0 aliphatic heterocycles. The second-order valence-corrected chi connectivity index (χ2v) is 7.40. The van der Waals surface area contributed by atoms with Gasteiger partial charge >= 0.3 is 17.1 Å². The zero-order chi connectivity index (χ0) is 27.8. The Balaban J connectivity index is 0. The van der Waals surface area contributed by atoms with Crippen LogP contribution in [0.4, 0.5) is 0 Å². The maximum atomic E-state index is 7.32. The van der Waals surface area contributed by atoms with Gasteiger partial charge in [-0.05, 0) is 0 Å². The standard InChI is InChI=1S/C24H20B.4C2H3N.Cu/c1-5-13-21(14-6-1)25(22-15-7-2-8-16-22,23-17-9-3-10-18-23)24-19-11-4-12-20-24;4*1-2-3;/h1-20H;4*1H3;/q-1;;;;;+1. The van der Waals surface area contributed by atoms with Crippen LogP contribution in [0.15, 0.2) is 121 Å². The van der Waals surface area contributed by atoms with E-state index in [1.54, 1.807) is 24.3 Å². The van der Waals surface area contributed by atoms with Crippen molar-refractivity contribution in [2.24, 2.45) is 0 Å². The zero-order valence-electron chi connectivity index (χ0n) is 22.2. The third kappa shape index (κ3) is 11.0. The second kappa shape index (κ2) is 22.9. The molecule has 6 heteroatoms. The summed E-state index contributed by atoms with van der Waals surface area (Å²) < 4.78 is 0. The number of nitriles is 4. The molecule has 0 amide bonds. The van der Waals surface area contributed by atoms with Crippen molar-refractivity contribution in [3.63, 3.8) is 0 Å². The number of benzene rings is 4. The van der Waals surface area contributed by atoms with Gasteiger partial charge in [0.25, 0.3) is 0 Å². The smallest absolute Gasteiger partial charge is 0.199 e. The molecule has 0 radical (unpaired) electrons. The minimum atomic E-state index is -1.22. The summed E-state index contributed by atoms with van der Waals surface area (Å²) in [4.78, 5) is 0. The molecular weight excluding hydrogens is 515 g/mol. The summed E-state index contributed by atoms with van der Waals surface area (Å²) in [6.07, 6.45) is -1.22. The molecule has 4 nitrogen and oxygen atoms in total. The Morgan fingerprint density at radius 3 is 0.632 bits per heavy atom. The molecule has 4 rings (SSSR count). The van der Waals surface area contributed by atoms with Gasteiger partial charge in [-0.1, -0.05) is 121 Å². The van der Waals surface area contributed by atoms with Gasteiger partial charge in [0.2, 0.25) is 0 Å². The van der Waals surface area contributed by atoms with Gasteiger partial charge in [0.1, 0.15) is 6.15 Å². The van der Waals surface area contributed by atoms with Gasteiger partial charge in [0.05, 0.1) is 24.3 Å². The molecule has 0 aliphatic carbocycles. The fraction of sp³-hybridized carbons (Fsp3) is 0.125. The van der Waals surface area contributed by atoms with Crippen LogP contribution in [0.5, 0.6) is 0 Å². The average molecular weight is 547 g/mol. The molecule has 0 atom stereocenters. The Bertz CT molecular complexity index is 1080. The summed E-state index contributed by atoms with van der Waals surface area (Å²) >= 11 is 0. The predicted molar refractivity (Wildman–Crippen MR) is 155 cm³/mol. The zero-order valence-corrected chi connectivity index (χ0v) is 23.2. The molecular formula is C32H32BCuN4. The Morgan fingerprint density at radius 2 is 0.500 bits per heavy atom. The summed E-state index contributed by atoms with van der Waals surface area (Å²) in [5.74, 6) is 0. The number of rotatable bonds is 4. The van der Waals surface area contributed by atoms with Crippen molar-refractivity contribution in [3.05, 3.63) is 121 Å². The molecule has 0 heterocycles. The molecule has 0 spiro atoms. The second-order valence-electron chi connectivity index (χ2n) is 7.40. The predicted octanol–water partition coefficient (Wildman–Crippen LogP) is 5.18. The molecule has 0 fully saturated rings. The number of nitrogens with zero attached hydrogens (tertiary/aromatic N) is 4. The quantitative estimate of drug-likeness (QED) is 0.329. The molecule has 38 heavy (non-hydrogen) atoms. The van der Waals surface area contributed by atoms with Crippen LogP contribution in [-0.2, 0) is 17.1 Å². The summed E-state index contributed by atoms with van der Waals surface area (Å²) in [7, 11) is 0. The van der Waals surface area contributed by atoms with E-state index < -0.39 is 6.15 Å². The molecule has 0 aromatic heterocycles. The number of hydrogen-bond acceptors (Lipinski definition) is 4. The van der Waals surface area contributed by atoms with Gasteiger partial charge in [-0.3, -0.25) is 0 Å². The van der Waals surface area contributed by atoms with Crippen LogP contribution >= 0.6 is 0 Å². The van der Waals surface area contributed by atoms with Crippen LogP contribution in [0, 0.1) is 45.3 Å². The van der Waals surface area contributed by atoms with Crippen molar-refractivity contribution in [1.29, 1.82) is 21.0 Å². The first kappa shape index (κ1) is 35.6. The van der Waals surface area contributed by atoms with E-state index in [0.717, 1.165) is 0 Å². The largest absolute Gasteiger partial charge is 1.00 e. The van der Waals surface area contributed by atoms with E-state index in [4.69, 9.17) is 21.0 Å². The third-order valence-electron chi connectivity index (χ3n) is 5.20. The van der Waals surface area contributed by atoms with Crippen molar-refractivity contribution in [2.45, 2.75) is 27.7 Å². The summed E-state index contributed by atoms with van der Waals surface area (Å²) in [6.45, 7) is 5.72. The van der Waals surface area contributed by atoms with Gasteiger partial charge in [-0.15, -0.1) is 0 Å². The van der Waals surface area contributed by atoms with Crippen LogP contribution in [0.1, 0.15) is 27.7 Å². The minimum absolute atomic E-state index is 0. The maximum absolute atomic E-state index is 7.32. The Morgan fingerprint density at radius 1 is 0.368 bits per heavy atom. The fourth-order valence-corrected chi connectivity index (χ4v) is 4.12. The molecule has 0 saturated carbocycles. The minimum Gasteiger partial charge on any atom is -0.199 e. The van der Waals surface area contributed by atoms with E-state index in [9.17, 15) is 0 Å². The van der Waals surface area contributed by atoms with Crippen molar-refractivity contribution >= 4 is 28.0 Å². The first-order valence-corrected chi connectivity index (χ1v) is 11.7. The Labute approximate surface area is 238 Å². The first-order valence-electron chi connectivity index (χ1n) is 11.7. The van der Waals surface area contributed by atoms with E-state index in [1.165, 1.54) is 49.5 Å². The van der Waals surface area contributed by atoms with E-state index in [1.807, 2.05) is 0 Å². The van der Waals surface area contributed by atoms with Crippen LogP contribution in [0.3, 0.4) is 0 Å². The first-order chi connectivity index (χ1) is 18.1. The molecule has 0 N–H and O–H groups in total. The Hall–Kier alpha value is -4.58. The molecule has 194 valence electrons. The topological polar surface area (TPSA) is 95.2 Å². The normalized spacial score (nSPS) is 8.21. The van der Waals surface area contributed by atoms with Gasteiger partial charge < -0.3 is 0 Å². The van der Waals surface area contributed by atoms with E-state index in [2.05, 4.69) is 121 Å². The molecule has 4 aromatic carbocycles. The van der Waals surface area contributed by atoms with E-state index >= 15 is 0 Å². The van der Waals surface area contributed by atoms with Gasteiger partial charge in [-0.25, -0.2) is 0 Å². The molecule has 0 bridgehead atoms.